The minimum Gasteiger partial charge on any atom is -0.374 e. The van der Waals surface area contributed by atoms with Crippen molar-refractivity contribution in [1.29, 1.82) is 0 Å². The van der Waals surface area contributed by atoms with Crippen LogP contribution in [0.1, 0.15) is 66.2 Å². The number of hydrogen-bond donors (Lipinski definition) is 0. The zero-order valence-corrected chi connectivity index (χ0v) is 15.2. The van der Waals surface area contributed by atoms with Crippen LogP contribution in [0.5, 0.6) is 0 Å². The van der Waals surface area contributed by atoms with Gasteiger partial charge in [-0.15, -0.1) is 0 Å². The van der Waals surface area contributed by atoms with E-state index in [2.05, 4.69) is 57.7 Å². The van der Waals surface area contributed by atoms with Crippen LogP contribution in [0, 0.1) is 5.92 Å². The number of allylic oxidation sites excluding steroid dienone is 1. The van der Waals surface area contributed by atoms with Crippen molar-refractivity contribution in [3.8, 4) is 0 Å². The summed E-state index contributed by atoms with van der Waals surface area (Å²) in [7, 11) is 2.09. The van der Waals surface area contributed by atoms with Crippen molar-refractivity contribution < 1.29 is 0 Å². The van der Waals surface area contributed by atoms with E-state index in [4.69, 9.17) is 0 Å². The molecule has 0 atom stereocenters. The average Bonchev–Trinajstić information content (AvgIpc) is 2.41. The van der Waals surface area contributed by atoms with Gasteiger partial charge in [0.05, 0.1) is 6.54 Å². The first kappa shape index (κ1) is 20.1. The van der Waals surface area contributed by atoms with Crippen LogP contribution in [0.2, 0.25) is 0 Å². The normalized spacial score (nSPS) is 10.8. The van der Waals surface area contributed by atoms with Crippen LogP contribution in [-0.2, 0) is 0 Å². The molecule has 124 valence electrons. The van der Waals surface area contributed by atoms with Gasteiger partial charge in [-0.3, -0.25) is 0 Å². The van der Waals surface area contributed by atoms with Gasteiger partial charge in [-0.05, 0) is 25.7 Å². The lowest BCUT2D eigenvalue weighted by molar-refractivity contribution is 0.294. The molecule has 0 saturated carbocycles. The first-order valence-electron chi connectivity index (χ1n) is 8.67. The summed E-state index contributed by atoms with van der Waals surface area (Å²) in [5, 5.41) is 0. The predicted molar refractivity (Wildman–Crippen MR) is 96.4 cm³/mol. The Morgan fingerprint density at radius 3 is 2.14 bits per heavy atom. The summed E-state index contributed by atoms with van der Waals surface area (Å²) in [4.78, 5) is 4.67. The Morgan fingerprint density at radius 2 is 1.62 bits per heavy atom. The van der Waals surface area contributed by atoms with Crippen molar-refractivity contribution >= 4 is 0 Å². The molecule has 0 spiro atoms. The lowest BCUT2D eigenvalue weighted by atomic mass is 10.1. The fourth-order valence-corrected chi connectivity index (χ4v) is 2.32. The Bertz CT molecular complexity index is 294. The van der Waals surface area contributed by atoms with E-state index in [0.717, 1.165) is 31.2 Å². The molecule has 0 aromatic heterocycles. The highest BCUT2D eigenvalue weighted by molar-refractivity contribution is 5.01. The van der Waals surface area contributed by atoms with Gasteiger partial charge in [-0.25, -0.2) is 0 Å². The second-order valence-electron chi connectivity index (χ2n) is 6.74. The summed E-state index contributed by atoms with van der Waals surface area (Å²) in [6.07, 6.45) is 7.83. The molecule has 0 aromatic rings. The van der Waals surface area contributed by atoms with Crippen molar-refractivity contribution in [1.82, 2.24) is 9.80 Å². The standard InChI is InChI=1S/C19H38N2/c1-8-9-14-21(15-12-10-11-13-17(2)3)19(6)16-20(7)18(4)5/h17H,4,6,8-16H2,1-3,5,7H3. The van der Waals surface area contributed by atoms with Gasteiger partial charge in [-0.1, -0.05) is 59.6 Å². The third-order valence-corrected chi connectivity index (χ3v) is 4.01. The quantitative estimate of drug-likeness (QED) is 0.426. The molecule has 0 fully saturated rings. The molecule has 21 heavy (non-hydrogen) atoms. The lowest BCUT2D eigenvalue weighted by Gasteiger charge is -2.30. The van der Waals surface area contributed by atoms with Crippen LogP contribution in [-0.4, -0.2) is 36.5 Å². The van der Waals surface area contributed by atoms with Gasteiger partial charge in [0.15, 0.2) is 0 Å². The van der Waals surface area contributed by atoms with Crippen LogP contribution < -0.4 is 0 Å². The monoisotopic (exact) mass is 294 g/mol. The minimum atomic E-state index is 0.834. The zero-order valence-electron chi connectivity index (χ0n) is 15.2. The van der Waals surface area contributed by atoms with E-state index < -0.39 is 0 Å². The summed E-state index contributed by atoms with van der Waals surface area (Å²) in [5.74, 6) is 0.834. The molecule has 0 N–H and O–H groups in total. The van der Waals surface area contributed by atoms with E-state index in [1.807, 2.05) is 0 Å². The molecule has 2 nitrogen and oxygen atoms in total. The molecule has 0 aliphatic rings. The topological polar surface area (TPSA) is 6.48 Å². The third-order valence-electron chi connectivity index (χ3n) is 4.01. The van der Waals surface area contributed by atoms with Crippen LogP contribution in [0.25, 0.3) is 0 Å². The third kappa shape index (κ3) is 10.4. The second-order valence-corrected chi connectivity index (χ2v) is 6.74. The summed E-state index contributed by atoms with van der Waals surface area (Å²) in [6, 6.07) is 0. The molecule has 2 heteroatoms. The smallest absolute Gasteiger partial charge is 0.0566 e. The number of nitrogens with zero attached hydrogens (tertiary/aromatic N) is 2. The summed E-state index contributed by atoms with van der Waals surface area (Å²) in [6.45, 7) is 20.4. The van der Waals surface area contributed by atoms with Gasteiger partial charge in [0, 0.05) is 31.5 Å². The van der Waals surface area contributed by atoms with Crippen LogP contribution in [0.4, 0.5) is 0 Å². The van der Waals surface area contributed by atoms with Crippen LogP contribution in [0.15, 0.2) is 24.6 Å². The number of unbranched alkanes of at least 4 members (excludes halogenated alkanes) is 3. The van der Waals surface area contributed by atoms with Crippen molar-refractivity contribution in [3.05, 3.63) is 24.6 Å². The highest BCUT2D eigenvalue weighted by atomic mass is 15.2. The van der Waals surface area contributed by atoms with Gasteiger partial charge in [0.1, 0.15) is 0 Å². The van der Waals surface area contributed by atoms with E-state index >= 15 is 0 Å². The molecule has 0 aliphatic carbocycles. The second kappa shape index (κ2) is 11.7. The minimum absolute atomic E-state index is 0.834. The first-order valence-corrected chi connectivity index (χ1v) is 8.67. The number of likely N-dealkylation sites (N-methyl/N-ethyl adjacent to an activating group) is 1. The molecule has 0 bridgehead atoms. The summed E-state index contributed by atoms with van der Waals surface area (Å²) in [5.41, 5.74) is 2.33. The zero-order chi connectivity index (χ0) is 16.3. The van der Waals surface area contributed by atoms with Gasteiger partial charge in [0.25, 0.3) is 0 Å². The van der Waals surface area contributed by atoms with Crippen LogP contribution >= 0.6 is 0 Å². The Kier molecular flexibility index (Phi) is 11.2. The van der Waals surface area contributed by atoms with Gasteiger partial charge in [0.2, 0.25) is 0 Å². The summed E-state index contributed by atoms with van der Waals surface area (Å²) >= 11 is 0. The SMILES string of the molecule is C=C(C)N(C)CC(=C)N(CCCC)CCCCCC(C)C. The molecule has 0 unspecified atom stereocenters. The van der Waals surface area contributed by atoms with Crippen molar-refractivity contribution in [2.45, 2.75) is 66.2 Å². The van der Waals surface area contributed by atoms with Crippen LogP contribution in [0.3, 0.4) is 0 Å². The van der Waals surface area contributed by atoms with E-state index in [1.165, 1.54) is 44.2 Å². The highest BCUT2D eigenvalue weighted by Gasteiger charge is 2.09. The van der Waals surface area contributed by atoms with E-state index in [9.17, 15) is 0 Å². The Labute approximate surface area is 133 Å². The van der Waals surface area contributed by atoms with Gasteiger partial charge < -0.3 is 9.80 Å². The molecular weight excluding hydrogens is 256 g/mol. The Balaban J connectivity index is 4.17. The molecule has 0 aromatic carbocycles. The first-order chi connectivity index (χ1) is 9.88. The van der Waals surface area contributed by atoms with Gasteiger partial charge in [-0.2, -0.15) is 0 Å². The molecule has 0 heterocycles. The molecule has 0 amide bonds. The molecule has 0 aliphatic heterocycles. The van der Waals surface area contributed by atoms with E-state index in [0.29, 0.717) is 0 Å². The van der Waals surface area contributed by atoms with Crippen molar-refractivity contribution in [2.24, 2.45) is 5.92 Å². The van der Waals surface area contributed by atoms with Gasteiger partial charge >= 0.3 is 0 Å². The fourth-order valence-electron chi connectivity index (χ4n) is 2.32. The molecule has 0 radical (unpaired) electrons. The Morgan fingerprint density at radius 1 is 1.00 bits per heavy atom. The maximum absolute atomic E-state index is 4.30. The summed E-state index contributed by atoms with van der Waals surface area (Å²) < 4.78 is 0. The average molecular weight is 295 g/mol. The highest BCUT2D eigenvalue weighted by Crippen LogP contribution is 2.13. The Hall–Kier alpha value is -0.920. The maximum Gasteiger partial charge on any atom is 0.0566 e. The fraction of sp³-hybridized carbons (Fsp3) is 0.789. The van der Waals surface area contributed by atoms with E-state index in [-0.39, 0.29) is 0 Å². The largest absolute Gasteiger partial charge is 0.374 e. The number of hydrogen-bond acceptors (Lipinski definition) is 2. The molecule has 0 saturated heterocycles. The number of rotatable bonds is 13. The maximum atomic E-state index is 4.30. The lowest BCUT2D eigenvalue weighted by Crippen LogP contribution is -2.31. The van der Waals surface area contributed by atoms with E-state index in [1.54, 1.807) is 0 Å². The predicted octanol–water partition coefficient (Wildman–Crippen LogP) is 5.28. The molecular formula is C19H38N2. The van der Waals surface area contributed by atoms with Crippen molar-refractivity contribution in [3.63, 3.8) is 0 Å². The molecule has 0 rings (SSSR count). The van der Waals surface area contributed by atoms with Crippen molar-refractivity contribution in [2.75, 3.05) is 26.7 Å².